The van der Waals surface area contributed by atoms with Gasteiger partial charge in [-0.15, -0.1) is 11.3 Å². The minimum absolute atomic E-state index is 0.00985. The van der Waals surface area contributed by atoms with Crippen LogP contribution in [0.5, 0.6) is 0 Å². The minimum Gasteiger partial charge on any atom is -0.338 e. The van der Waals surface area contributed by atoms with Gasteiger partial charge in [0.2, 0.25) is 5.91 Å². The van der Waals surface area contributed by atoms with Crippen LogP contribution in [-0.4, -0.2) is 81.4 Å². The number of likely N-dealkylation sites (tertiary alicyclic amines) is 1. The van der Waals surface area contributed by atoms with Gasteiger partial charge in [0.05, 0.1) is 16.6 Å². The molecule has 0 N–H and O–H groups in total. The molecule has 2 aliphatic rings. The first-order valence-corrected chi connectivity index (χ1v) is 12.5. The summed E-state index contributed by atoms with van der Waals surface area (Å²) in [5.41, 5.74) is 0.435. The molecule has 4 rings (SSSR count). The molecular formula is C23H33N5O3S. The second kappa shape index (κ2) is 9.70. The summed E-state index contributed by atoms with van der Waals surface area (Å²) in [4.78, 5) is 50.9. The average molecular weight is 460 g/mol. The number of thiophene rings is 1. The van der Waals surface area contributed by atoms with Gasteiger partial charge in [0.15, 0.2) is 0 Å². The Morgan fingerprint density at radius 3 is 2.59 bits per heavy atom. The Labute approximate surface area is 192 Å². The fraction of sp³-hybridized carbons (Fsp3) is 0.652. The van der Waals surface area contributed by atoms with Gasteiger partial charge in [0, 0.05) is 38.8 Å². The molecule has 1 atom stereocenters. The lowest BCUT2D eigenvalue weighted by Gasteiger charge is -2.34. The summed E-state index contributed by atoms with van der Waals surface area (Å²) in [7, 11) is 0. The van der Waals surface area contributed by atoms with E-state index in [1.54, 1.807) is 0 Å². The van der Waals surface area contributed by atoms with Crippen LogP contribution in [0, 0.1) is 6.92 Å². The van der Waals surface area contributed by atoms with Crippen LogP contribution in [-0.2, 0) is 11.3 Å². The highest BCUT2D eigenvalue weighted by Crippen LogP contribution is 2.28. The van der Waals surface area contributed by atoms with Crippen molar-refractivity contribution in [3.8, 4) is 0 Å². The molecule has 2 fully saturated rings. The lowest BCUT2D eigenvalue weighted by Crippen LogP contribution is -2.48. The zero-order valence-electron chi connectivity index (χ0n) is 19.3. The topological polar surface area (TPSA) is 78.8 Å². The third-order valence-corrected chi connectivity index (χ3v) is 7.93. The van der Waals surface area contributed by atoms with Gasteiger partial charge in [-0.2, -0.15) is 0 Å². The molecule has 9 heteroatoms. The van der Waals surface area contributed by atoms with Gasteiger partial charge in [-0.3, -0.25) is 23.9 Å². The summed E-state index contributed by atoms with van der Waals surface area (Å²) in [6, 6.07) is 0.202. The number of aromatic nitrogens is 2. The van der Waals surface area contributed by atoms with Crippen molar-refractivity contribution in [3.05, 3.63) is 27.1 Å². The zero-order valence-corrected chi connectivity index (χ0v) is 20.1. The third-order valence-electron chi connectivity index (χ3n) is 6.74. The normalized spacial score (nSPS) is 20.2. The van der Waals surface area contributed by atoms with Crippen LogP contribution in [0.4, 0.5) is 0 Å². The molecule has 0 aliphatic carbocycles. The summed E-state index contributed by atoms with van der Waals surface area (Å²) < 4.78 is 1.39. The molecule has 174 valence electrons. The minimum atomic E-state index is -0.242. The summed E-state index contributed by atoms with van der Waals surface area (Å²) >= 11 is 1.28. The lowest BCUT2D eigenvalue weighted by molar-refractivity contribution is -0.135. The monoisotopic (exact) mass is 459 g/mol. The van der Waals surface area contributed by atoms with E-state index in [0.29, 0.717) is 33.7 Å². The van der Waals surface area contributed by atoms with Crippen molar-refractivity contribution in [1.82, 2.24) is 24.3 Å². The predicted octanol–water partition coefficient (Wildman–Crippen LogP) is 2.34. The average Bonchev–Trinajstić information content (AvgIpc) is 3.13. The molecule has 8 nitrogen and oxygen atoms in total. The lowest BCUT2D eigenvalue weighted by atomic mass is 10.0. The number of amides is 2. The highest BCUT2D eigenvalue weighted by Gasteiger charge is 2.27. The first kappa shape index (κ1) is 22.9. The Morgan fingerprint density at radius 1 is 1.16 bits per heavy atom. The molecule has 2 aliphatic heterocycles. The molecule has 0 unspecified atom stereocenters. The van der Waals surface area contributed by atoms with E-state index in [9.17, 15) is 14.4 Å². The van der Waals surface area contributed by atoms with E-state index in [1.807, 2.05) is 16.7 Å². The molecule has 0 radical (unpaired) electrons. The van der Waals surface area contributed by atoms with Gasteiger partial charge in [0.1, 0.15) is 11.4 Å². The van der Waals surface area contributed by atoms with E-state index in [2.05, 4.69) is 23.7 Å². The second-order valence-electron chi connectivity index (χ2n) is 8.98. The van der Waals surface area contributed by atoms with Crippen molar-refractivity contribution in [2.24, 2.45) is 0 Å². The molecule has 32 heavy (non-hydrogen) atoms. The van der Waals surface area contributed by atoms with Gasteiger partial charge in [-0.1, -0.05) is 6.92 Å². The van der Waals surface area contributed by atoms with E-state index in [1.165, 1.54) is 22.2 Å². The SMILES string of the molecule is CCCN1CCN(C(=O)c2sc3ncn(CC(=O)N4CCCC[C@@H]4C)c(=O)c3c2C)CC1. The van der Waals surface area contributed by atoms with Gasteiger partial charge in [-0.05, 0) is 51.6 Å². The molecule has 2 aromatic heterocycles. The number of hydrogen-bond donors (Lipinski definition) is 0. The molecule has 2 saturated heterocycles. The number of piperidine rings is 1. The fourth-order valence-electron chi connectivity index (χ4n) is 4.82. The number of rotatable bonds is 5. The van der Waals surface area contributed by atoms with Gasteiger partial charge in [-0.25, -0.2) is 4.98 Å². The zero-order chi connectivity index (χ0) is 22.8. The number of hydrogen-bond acceptors (Lipinski definition) is 6. The van der Waals surface area contributed by atoms with E-state index in [4.69, 9.17) is 0 Å². The number of carbonyl (C=O) groups is 2. The van der Waals surface area contributed by atoms with Crippen LogP contribution in [0.3, 0.4) is 0 Å². The van der Waals surface area contributed by atoms with Gasteiger partial charge in [0.25, 0.3) is 11.5 Å². The fourth-order valence-corrected chi connectivity index (χ4v) is 5.92. The summed E-state index contributed by atoms with van der Waals surface area (Å²) in [5.74, 6) is -0.0691. The molecule has 0 saturated carbocycles. The summed E-state index contributed by atoms with van der Waals surface area (Å²) in [5, 5.41) is 0.463. The van der Waals surface area contributed by atoms with Gasteiger partial charge >= 0.3 is 0 Å². The quantitative estimate of drug-likeness (QED) is 0.686. The molecular weight excluding hydrogens is 426 g/mol. The maximum absolute atomic E-state index is 13.2. The molecule has 0 aromatic carbocycles. The Morgan fingerprint density at radius 2 is 1.91 bits per heavy atom. The Kier molecular flexibility index (Phi) is 6.95. The maximum Gasteiger partial charge on any atom is 0.264 e. The van der Waals surface area contributed by atoms with E-state index >= 15 is 0 Å². The highest BCUT2D eigenvalue weighted by molar-refractivity contribution is 7.20. The predicted molar refractivity (Wildman–Crippen MR) is 126 cm³/mol. The van der Waals surface area contributed by atoms with Crippen molar-refractivity contribution >= 4 is 33.4 Å². The molecule has 2 amide bonds. The van der Waals surface area contributed by atoms with Crippen LogP contribution >= 0.6 is 11.3 Å². The van der Waals surface area contributed by atoms with Crippen molar-refractivity contribution in [3.63, 3.8) is 0 Å². The number of aryl methyl sites for hydroxylation is 1. The first-order valence-electron chi connectivity index (χ1n) is 11.7. The first-order chi connectivity index (χ1) is 15.4. The smallest absolute Gasteiger partial charge is 0.264 e. The molecule has 0 bridgehead atoms. The Balaban J connectivity index is 1.54. The van der Waals surface area contributed by atoms with E-state index in [0.717, 1.165) is 51.9 Å². The highest BCUT2D eigenvalue weighted by atomic mass is 32.1. The van der Waals surface area contributed by atoms with Crippen LogP contribution < -0.4 is 5.56 Å². The second-order valence-corrected chi connectivity index (χ2v) is 9.98. The largest absolute Gasteiger partial charge is 0.338 e. The van der Waals surface area contributed by atoms with Crippen molar-refractivity contribution < 1.29 is 9.59 Å². The molecule has 2 aromatic rings. The van der Waals surface area contributed by atoms with E-state index in [-0.39, 0.29) is 30.0 Å². The van der Waals surface area contributed by atoms with Crippen LogP contribution in [0.15, 0.2) is 11.1 Å². The van der Waals surface area contributed by atoms with Crippen LogP contribution in [0.25, 0.3) is 10.2 Å². The maximum atomic E-state index is 13.2. The molecule has 0 spiro atoms. The van der Waals surface area contributed by atoms with Crippen molar-refractivity contribution in [2.45, 2.75) is 59.0 Å². The number of fused-ring (bicyclic) bond motifs is 1. The van der Waals surface area contributed by atoms with E-state index < -0.39 is 0 Å². The number of carbonyl (C=O) groups excluding carboxylic acids is 2. The Bertz CT molecular complexity index is 1050. The van der Waals surface area contributed by atoms with Crippen LogP contribution in [0.1, 0.15) is 54.8 Å². The molecule has 4 heterocycles. The number of piperazine rings is 1. The standard InChI is InChI=1S/C23H33N5O3S/c1-4-8-25-10-12-26(13-11-25)23(31)20-17(3)19-21(32-20)24-15-27(22(19)30)14-18(29)28-9-6-5-7-16(28)2/h15-16H,4-14H2,1-3H3/t16-/m0/s1. The third kappa shape index (κ3) is 4.45. The number of nitrogens with zero attached hydrogens (tertiary/aromatic N) is 5. The van der Waals surface area contributed by atoms with Crippen molar-refractivity contribution in [2.75, 3.05) is 39.3 Å². The van der Waals surface area contributed by atoms with Gasteiger partial charge < -0.3 is 9.80 Å². The summed E-state index contributed by atoms with van der Waals surface area (Å²) in [6.45, 7) is 11.0. The summed E-state index contributed by atoms with van der Waals surface area (Å²) in [6.07, 6.45) is 5.70. The Hall–Kier alpha value is -2.26. The van der Waals surface area contributed by atoms with Crippen molar-refractivity contribution in [1.29, 1.82) is 0 Å². The van der Waals surface area contributed by atoms with Crippen LogP contribution in [0.2, 0.25) is 0 Å².